The van der Waals surface area contributed by atoms with Gasteiger partial charge in [-0.15, -0.1) is 11.3 Å². The predicted molar refractivity (Wildman–Crippen MR) is 108 cm³/mol. The highest BCUT2D eigenvalue weighted by molar-refractivity contribution is 7.14. The summed E-state index contributed by atoms with van der Waals surface area (Å²) >= 11 is 1.31. The van der Waals surface area contributed by atoms with Crippen molar-refractivity contribution < 1.29 is 14.3 Å². The lowest BCUT2D eigenvalue weighted by atomic mass is 10.1. The summed E-state index contributed by atoms with van der Waals surface area (Å²) in [7, 11) is 0. The molecule has 2 heterocycles. The smallest absolute Gasteiger partial charge is 0.408 e. The Balaban J connectivity index is 1.55. The Morgan fingerprint density at radius 1 is 1.11 bits per heavy atom. The Morgan fingerprint density at radius 2 is 1.79 bits per heavy atom. The topological polar surface area (TPSA) is 109 Å². The third-order valence-electron chi connectivity index (χ3n) is 3.52. The highest BCUT2D eigenvalue weighted by Gasteiger charge is 2.17. The van der Waals surface area contributed by atoms with Crippen LogP contribution in [0, 0.1) is 0 Å². The fourth-order valence-corrected chi connectivity index (χ4v) is 3.06. The highest BCUT2D eigenvalue weighted by Crippen LogP contribution is 2.27. The van der Waals surface area contributed by atoms with Crippen molar-refractivity contribution in [1.29, 1.82) is 0 Å². The predicted octanol–water partition coefficient (Wildman–Crippen LogP) is 3.66. The summed E-state index contributed by atoms with van der Waals surface area (Å²) < 4.78 is 5.09. The van der Waals surface area contributed by atoms with E-state index in [1.807, 2.05) is 35.7 Å². The molecular weight excluding hydrogens is 378 g/mol. The number of benzene rings is 1. The van der Waals surface area contributed by atoms with Crippen molar-refractivity contribution in [3.05, 3.63) is 41.9 Å². The Labute approximate surface area is 166 Å². The number of anilines is 1. The molecule has 3 rings (SSSR count). The van der Waals surface area contributed by atoms with Crippen LogP contribution in [-0.2, 0) is 9.53 Å². The van der Waals surface area contributed by atoms with Crippen LogP contribution in [0.25, 0.3) is 22.5 Å². The quantitative estimate of drug-likeness (QED) is 0.607. The third-order valence-corrected chi connectivity index (χ3v) is 4.28. The molecule has 0 saturated heterocycles. The molecule has 0 spiro atoms. The molecule has 3 N–H and O–H groups in total. The molecule has 0 unspecified atom stereocenters. The van der Waals surface area contributed by atoms with E-state index in [0.717, 1.165) is 22.5 Å². The van der Waals surface area contributed by atoms with Gasteiger partial charge in [0.1, 0.15) is 12.1 Å². The lowest BCUT2D eigenvalue weighted by molar-refractivity contribution is -0.115. The minimum atomic E-state index is -0.639. The fraction of sp³-hybridized carbons (Fsp3) is 0.263. The van der Waals surface area contributed by atoms with Crippen LogP contribution in [0.5, 0.6) is 0 Å². The molecule has 8 nitrogen and oxygen atoms in total. The molecule has 0 aliphatic rings. The molecule has 28 heavy (non-hydrogen) atoms. The maximum absolute atomic E-state index is 12.0. The molecule has 2 amide bonds. The maximum atomic E-state index is 12.0. The Bertz CT molecular complexity index is 943. The van der Waals surface area contributed by atoms with Crippen LogP contribution in [0.1, 0.15) is 20.8 Å². The number of hydrogen-bond acceptors (Lipinski definition) is 6. The molecule has 2 aromatic heterocycles. The van der Waals surface area contributed by atoms with E-state index in [-0.39, 0.29) is 12.5 Å². The van der Waals surface area contributed by atoms with E-state index < -0.39 is 11.7 Å². The van der Waals surface area contributed by atoms with Crippen molar-refractivity contribution in [2.24, 2.45) is 0 Å². The summed E-state index contributed by atoms with van der Waals surface area (Å²) in [5, 5.41) is 14.3. The number of aromatic amines is 1. The van der Waals surface area contributed by atoms with Crippen molar-refractivity contribution >= 4 is 28.5 Å². The van der Waals surface area contributed by atoms with Gasteiger partial charge in [-0.1, -0.05) is 24.3 Å². The summed E-state index contributed by atoms with van der Waals surface area (Å²) in [6.45, 7) is 5.07. The second kappa shape index (κ2) is 8.22. The van der Waals surface area contributed by atoms with E-state index in [1.54, 1.807) is 27.0 Å². The van der Waals surface area contributed by atoms with E-state index in [4.69, 9.17) is 4.74 Å². The number of carbonyl (C=O) groups excluding carboxylic acids is 2. The van der Waals surface area contributed by atoms with Gasteiger partial charge in [-0.05, 0) is 26.8 Å². The van der Waals surface area contributed by atoms with Crippen LogP contribution in [0.4, 0.5) is 9.93 Å². The van der Waals surface area contributed by atoms with Gasteiger partial charge < -0.3 is 15.4 Å². The molecule has 9 heteroatoms. The third kappa shape index (κ3) is 5.40. The van der Waals surface area contributed by atoms with Crippen molar-refractivity contribution in [3.63, 3.8) is 0 Å². The summed E-state index contributed by atoms with van der Waals surface area (Å²) in [6, 6.07) is 9.74. The van der Waals surface area contributed by atoms with E-state index in [0.29, 0.717) is 5.13 Å². The minimum Gasteiger partial charge on any atom is -0.444 e. The number of rotatable bonds is 5. The van der Waals surface area contributed by atoms with Gasteiger partial charge in [-0.25, -0.2) is 9.78 Å². The summed E-state index contributed by atoms with van der Waals surface area (Å²) in [5.41, 5.74) is 2.95. The summed E-state index contributed by atoms with van der Waals surface area (Å²) in [6.07, 6.45) is 1.13. The zero-order valence-corrected chi connectivity index (χ0v) is 16.6. The summed E-state index contributed by atoms with van der Waals surface area (Å²) in [5.74, 6) is -0.374. The van der Waals surface area contributed by atoms with Gasteiger partial charge in [0.15, 0.2) is 5.13 Å². The number of nitrogens with one attached hydrogen (secondary N) is 3. The zero-order valence-electron chi connectivity index (χ0n) is 15.8. The van der Waals surface area contributed by atoms with Crippen LogP contribution >= 0.6 is 11.3 Å². The molecule has 0 aliphatic carbocycles. The molecule has 1 aromatic carbocycles. The van der Waals surface area contributed by atoms with Crippen LogP contribution in [-0.4, -0.2) is 39.3 Å². The van der Waals surface area contributed by atoms with Crippen molar-refractivity contribution in [2.75, 3.05) is 11.9 Å². The largest absolute Gasteiger partial charge is 0.444 e. The van der Waals surface area contributed by atoms with Gasteiger partial charge in [0.05, 0.1) is 11.4 Å². The van der Waals surface area contributed by atoms with Gasteiger partial charge in [0.2, 0.25) is 5.91 Å². The monoisotopic (exact) mass is 399 g/mol. The SMILES string of the molecule is CC(C)(C)OC(=O)NCC(=O)Nc1nc(-c2ccc(-c3cc[nH]n3)cc2)cs1. The van der Waals surface area contributed by atoms with Crippen molar-refractivity contribution in [1.82, 2.24) is 20.5 Å². The Hall–Kier alpha value is -3.20. The van der Waals surface area contributed by atoms with Crippen LogP contribution in [0.15, 0.2) is 41.9 Å². The number of alkyl carbamates (subject to hydrolysis) is 1. The standard InChI is InChI=1S/C19H21N5O3S/c1-19(2,3)27-18(26)20-10-16(25)23-17-22-15(11-28-17)13-6-4-12(5-7-13)14-8-9-21-24-14/h4-9,11H,10H2,1-3H3,(H,20,26)(H,21,24)(H,22,23,25). The lowest BCUT2D eigenvalue weighted by Crippen LogP contribution is -2.37. The number of H-pyrrole nitrogens is 1. The normalized spacial score (nSPS) is 11.1. The molecule has 146 valence electrons. The molecular formula is C19H21N5O3S. The molecule has 0 fully saturated rings. The maximum Gasteiger partial charge on any atom is 0.408 e. The second-order valence-corrected chi connectivity index (χ2v) is 7.84. The molecule has 0 atom stereocenters. The van der Waals surface area contributed by atoms with Gasteiger partial charge in [-0.2, -0.15) is 5.10 Å². The van der Waals surface area contributed by atoms with E-state index in [9.17, 15) is 9.59 Å². The zero-order chi connectivity index (χ0) is 20.1. The first-order valence-electron chi connectivity index (χ1n) is 8.63. The molecule has 0 saturated carbocycles. The van der Waals surface area contributed by atoms with Crippen molar-refractivity contribution in [3.8, 4) is 22.5 Å². The molecule has 0 radical (unpaired) electrons. The van der Waals surface area contributed by atoms with Gasteiger partial charge in [-0.3, -0.25) is 9.89 Å². The first-order chi connectivity index (χ1) is 13.3. The average molecular weight is 399 g/mol. The Kier molecular flexibility index (Phi) is 5.74. The first-order valence-corrected chi connectivity index (χ1v) is 9.51. The van der Waals surface area contributed by atoms with Crippen LogP contribution < -0.4 is 10.6 Å². The number of amides is 2. The second-order valence-electron chi connectivity index (χ2n) is 6.98. The average Bonchev–Trinajstić information content (AvgIpc) is 3.31. The Morgan fingerprint density at radius 3 is 2.39 bits per heavy atom. The molecule has 0 bridgehead atoms. The fourth-order valence-electron chi connectivity index (χ4n) is 2.33. The van der Waals surface area contributed by atoms with E-state index >= 15 is 0 Å². The number of thiazole rings is 1. The van der Waals surface area contributed by atoms with Crippen LogP contribution in [0.3, 0.4) is 0 Å². The van der Waals surface area contributed by atoms with E-state index in [1.165, 1.54) is 11.3 Å². The van der Waals surface area contributed by atoms with Crippen LogP contribution in [0.2, 0.25) is 0 Å². The van der Waals surface area contributed by atoms with E-state index in [2.05, 4.69) is 25.8 Å². The lowest BCUT2D eigenvalue weighted by Gasteiger charge is -2.19. The van der Waals surface area contributed by atoms with Gasteiger partial charge in [0, 0.05) is 22.7 Å². The number of carbonyl (C=O) groups is 2. The van der Waals surface area contributed by atoms with Crippen molar-refractivity contribution in [2.45, 2.75) is 26.4 Å². The molecule has 0 aliphatic heterocycles. The number of ether oxygens (including phenoxy) is 1. The van der Waals surface area contributed by atoms with Gasteiger partial charge >= 0.3 is 6.09 Å². The first kappa shape index (κ1) is 19.6. The number of nitrogens with zero attached hydrogens (tertiary/aromatic N) is 2. The summed E-state index contributed by atoms with van der Waals surface area (Å²) in [4.78, 5) is 28.0. The minimum absolute atomic E-state index is 0.192. The number of aromatic nitrogens is 3. The highest BCUT2D eigenvalue weighted by atomic mass is 32.1. The number of hydrogen-bond donors (Lipinski definition) is 3. The molecule has 3 aromatic rings. The van der Waals surface area contributed by atoms with Gasteiger partial charge in [0.25, 0.3) is 0 Å².